The van der Waals surface area contributed by atoms with Crippen molar-refractivity contribution in [1.29, 1.82) is 0 Å². The maximum atomic E-state index is 12.8. The number of rotatable bonds is 5. The number of urea groups is 1. The van der Waals surface area contributed by atoms with Crippen LogP contribution in [0.2, 0.25) is 10.0 Å². The Labute approximate surface area is 172 Å². The van der Waals surface area contributed by atoms with Crippen molar-refractivity contribution >= 4 is 41.0 Å². The summed E-state index contributed by atoms with van der Waals surface area (Å²) in [4.78, 5) is 42.6. The standard InChI is InChI=1S/C19H18Cl2N4O3/c1-11(13-7-6-12(20)9-14(13)21)23-16(26)10-25-17(27)19(2,24-18(25)28)15-5-3-4-8-22-15/h3-9,11H,10H2,1-2H3,(H,23,26)(H,24,28)/t11-,19-/m0/s1. The van der Waals surface area contributed by atoms with Gasteiger partial charge in [-0.1, -0.05) is 35.3 Å². The second-order valence-electron chi connectivity index (χ2n) is 6.62. The number of nitrogens with zero attached hydrogens (tertiary/aromatic N) is 2. The van der Waals surface area contributed by atoms with Crippen LogP contribution in [0.3, 0.4) is 0 Å². The van der Waals surface area contributed by atoms with Crippen LogP contribution in [0.1, 0.15) is 31.1 Å². The summed E-state index contributed by atoms with van der Waals surface area (Å²) in [6.07, 6.45) is 1.53. The Hall–Kier alpha value is -2.64. The molecule has 1 aromatic heterocycles. The highest BCUT2D eigenvalue weighted by molar-refractivity contribution is 6.35. The van der Waals surface area contributed by atoms with E-state index >= 15 is 0 Å². The second-order valence-corrected chi connectivity index (χ2v) is 7.46. The molecule has 1 aliphatic heterocycles. The van der Waals surface area contributed by atoms with Crippen LogP contribution in [-0.4, -0.2) is 34.3 Å². The first kappa shape index (κ1) is 20.1. The average molecular weight is 421 g/mol. The van der Waals surface area contributed by atoms with Crippen molar-refractivity contribution in [3.63, 3.8) is 0 Å². The molecule has 7 nitrogen and oxygen atoms in total. The van der Waals surface area contributed by atoms with Gasteiger partial charge >= 0.3 is 6.03 Å². The predicted octanol–water partition coefficient (Wildman–Crippen LogP) is 3.03. The highest BCUT2D eigenvalue weighted by atomic mass is 35.5. The van der Waals surface area contributed by atoms with Gasteiger partial charge in [-0.25, -0.2) is 4.79 Å². The molecule has 28 heavy (non-hydrogen) atoms. The van der Waals surface area contributed by atoms with Crippen LogP contribution in [0.25, 0.3) is 0 Å². The monoisotopic (exact) mass is 420 g/mol. The number of aromatic nitrogens is 1. The van der Waals surface area contributed by atoms with Crippen LogP contribution in [0.5, 0.6) is 0 Å². The van der Waals surface area contributed by atoms with Crippen LogP contribution in [0, 0.1) is 0 Å². The van der Waals surface area contributed by atoms with Crippen LogP contribution in [0.4, 0.5) is 4.79 Å². The Balaban J connectivity index is 1.70. The molecule has 1 aliphatic rings. The molecular weight excluding hydrogens is 403 g/mol. The molecule has 1 fully saturated rings. The minimum atomic E-state index is -1.32. The number of imide groups is 1. The molecule has 9 heteroatoms. The average Bonchev–Trinajstić information content (AvgIpc) is 2.86. The number of amides is 4. The quantitative estimate of drug-likeness (QED) is 0.727. The molecule has 0 aliphatic carbocycles. The van der Waals surface area contributed by atoms with E-state index in [1.807, 2.05) is 0 Å². The zero-order chi connectivity index (χ0) is 20.5. The van der Waals surface area contributed by atoms with E-state index in [1.54, 1.807) is 50.2 Å². The molecule has 2 aromatic rings. The van der Waals surface area contributed by atoms with Gasteiger partial charge in [0.25, 0.3) is 5.91 Å². The summed E-state index contributed by atoms with van der Waals surface area (Å²) < 4.78 is 0. The van der Waals surface area contributed by atoms with Crippen molar-refractivity contribution in [1.82, 2.24) is 20.5 Å². The Morgan fingerprint density at radius 2 is 2.04 bits per heavy atom. The zero-order valence-electron chi connectivity index (χ0n) is 15.2. The van der Waals surface area contributed by atoms with Crippen molar-refractivity contribution < 1.29 is 14.4 Å². The van der Waals surface area contributed by atoms with Gasteiger partial charge in [-0.3, -0.25) is 19.5 Å². The van der Waals surface area contributed by atoms with E-state index in [1.165, 1.54) is 6.20 Å². The topological polar surface area (TPSA) is 91.4 Å². The van der Waals surface area contributed by atoms with E-state index in [2.05, 4.69) is 15.6 Å². The number of halogens is 2. The number of carbonyl (C=O) groups is 3. The van der Waals surface area contributed by atoms with E-state index < -0.39 is 36.0 Å². The summed E-state index contributed by atoms with van der Waals surface area (Å²) >= 11 is 12.0. The first-order valence-electron chi connectivity index (χ1n) is 8.52. The second kappa shape index (κ2) is 7.77. The fourth-order valence-electron chi connectivity index (χ4n) is 3.03. The normalized spacial score (nSPS) is 20.1. The third-order valence-corrected chi connectivity index (χ3v) is 5.12. The van der Waals surface area contributed by atoms with Gasteiger partial charge in [-0.15, -0.1) is 0 Å². The molecule has 1 aromatic carbocycles. The number of benzene rings is 1. The number of pyridine rings is 1. The first-order chi connectivity index (χ1) is 13.2. The van der Waals surface area contributed by atoms with Crippen molar-refractivity contribution in [2.45, 2.75) is 25.4 Å². The maximum Gasteiger partial charge on any atom is 0.325 e. The molecule has 0 radical (unpaired) electrons. The third kappa shape index (κ3) is 3.81. The summed E-state index contributed by atoms with van der Waals surface area (Å²) in [6.45, 7) is 2.89. The van der Waals surface area contributed by atoms with Gasteiger partial charge in [0.15, 0.2) is 5.54 Å². The van der Waals surface area contributed by atoms with Crippen molar-refractivity contribution in [3.05, 3.63) is 63.9 Å². The molecule has 2 N–H and O–H groups in total. The smallest absolute Gasteiger partial charge is 0.325 e. The minimum Gasteiger partial charge on any atom is -0.348 e. The molecule has 0 saturated carbocycles. The van der Waals surface area contributed by atoms with Gasteiger partial charge in [0.2, 0.25) is 5.91 Å². The lowest BCUT2D eigenvalue weighted by Gasteiger charge is -2.21. The molecule has 146 valence electrons. The van der Waals surface area contributed by atoms with Crippen LogP contribution in [0.15, 0.2) is 42.6 Å². The molecular formula is C19H18Cl2N4O3. The van der Waals surface area contributed by atoms with E-state index in [0.29, 0.717) is 21.3 Å². The van der Waals surface area contributed by atoms with Crippen LogP contribution >= 0.6 is 23.2 Å². The molecule has 0 spiro atoms. The third-order valence-electron chi connectivity index (χ3n) is 4.56. The lowest BCUT2D eigenvalue weighted by molar-refractivity contribution is -0.135. The zero-order valence-corrected chi connectivity index (χ0v) is 16.7. The van der Waals surface area contributed by atoms with Crippen LogP contribution in [-0.2, 0) is 15.1 Å². The fourth-order valence-corrected chi connectivity index (χ4v) is 3.61. The van der Waals surface area contributed by atoms with Gasteiger partial charge in [-0.05, 0) is 43.7 Å². The van der Waals surface area contributed by atoms with Crippen molar-refractivity contribution in [2.75, 3.05) is 6.54 Å². The first-order valence-corrected chi connectivity index (χ1v) is 9.28. The number of hydrogen-bond donors (Lipinski definition) is 2. The Bertz CT molecular complexity index is 938. The van der Waals surface area contributed by atoms with E-state index in [-0.39, 0.29) is 0 Å². The highest BCUT2D eigenvalue weighted by Crippen LogP contribution is 2.28. The minimum absolute atomic E-state index is 0.401. The summed E-state index contributed by atoms with van der Waals surface area (Å²) in [5.74, 6) is -1.03. The summed E-state index contributed by atoms with van der Waals surface area (Å²) in [7, 11) is 0. The fraction of sp³-hybridized carbons (Fsp3) is 0.263. The van der Waals surface area contributed by atoms with Crippen molar-refractivity contribution in [3.8, 4) is 0 Å². The molecule has 0 unspecified atom stereocenters. The van der Waals surface area contributed by atoms with Gasteiger partial charge in [0.1, 0.15) is 6.54 Å². The SMILES string of the molecule is C[C@H](NC(=O)CN1C(=O)N[C@@](C)(c2ccccn2)C1=O)c1ccc(Cl)cc1Cl. The van der Waals surface area contributed by atoms with Gasteiger partial charge in [0, 0.05) is 16.2 Å². The lowest BCUT2D eigenvalue weighted by Crippen LogP contribution is -2.44. The van der Waals surface area contributed by atoms with Crippen molar-refractivity contribution in [2.24, 2.45) is 0 Å². The predicted molar refractivity (Wildman–Crippen MR) is 105 cm³/mol. The molecule has 0 bridgehead atoms. The van der Waals surface area contributed by atoms with Gasteiger partial charge in [-0.2, -0.15) is 0 Å². The summed E-state index contributed by atoms with van der Waals surface area (Å²) in [5.41, 5.74) is -0.239. The highest BCUT2D eigenvalue weighted by Gasteiger charge is 2.50. The van der Waals surface area contributed by atoms with E-state index in [9.17, 15) is 14.4 Å². The number of hydrogen-bond acceptors (Lipinski definition) is 4. The number of carbonyl (C=O) groups excluding carboxylic acids is 3. The van der Waals surface area contributed by atoms with Gasteiger partial charge < -0.3 is 10.6 Å². The summed E-state index contributed by atoms with van der Waals surface area (Å²) in [5, 5.41) is 6.25. The summed E-state index contributed by atoms with van der Waals surface area (Å²) in [6, 6.07) is 8.96. The molecule has 4 amide bonds. The Kier molecular flexibility index (Phi) is 5.58. The van der Waals surface area contributed by atoms with E-state index in [4.69, 9.17) is 23.2 Å². The van der Waals surface area contributed by atoms with E-state index in [0.717, 1.165) is 4.90 Å². The maximum absolute atomic E-state index is 12.8. The number of nitrogens with one attached hydrogen (secondary N) is 2. The Morgan fingerprint density at radius 1 is 1.29 bits per heavy atom. The largest absolute Gasteiger partial charge is 0.348 e. The van der Waals surface area contributed by atoms with Crippen LogP contribution < -0.4 is 10.6 Å². The lowest BCUT2D eigenvalue weighted by atomic mass is 9.97. The Morgan fingerprint density at radius 3 is 2.68 bits per heavy atom. The van der Waals surface area contributed by atoms with Gasteiger partial charge in [0.05, 0.1) is 11.7 Å². The molecule has 2 atom stereocenters. The molecule has 2 heterocycles. The molecule has 3 rings (SSSR count). The molecule has 1 saturated heterocycles.